The summed E-state index contributed by atoms with van der Waals surface area (Å²) in [7, 11) is 0. The first-order valence-electron chi connectivity index (χ1n) is 7.01. The molecule has 5 heteroatoms. The molecule has 2 unspecified atom stereocenters. The Labute approximate surface area is 123 Å². The summed E-state index contributed by atoms with van der Waals surface area (Å²) in [6.07, 6.45) is 1.66. The molecule has 0 aliphatic carbocycles. The lowest BCUT2D eigenvalue weighted by Crippen LogP contribution is -2.43. The summed E-state index contributed by atoms with van der Waals surface area (Å²) in [6.45, 7) is 5.90. The largest absolute Gasteiger partial charge is 0.481 e. The van der Waals surface area contributed by atoms with E-state index in [2.05, 4.69) is 0 Å². The Morgan fingerprint density at radius 1 is 1.50 bits per heavy atom. The van der Waals surface area contributed by atoms with E-state index in [1.807, 2.05) is 32.2 Å². The minimum Gasteiger partial charge on any atom is -0.481 e. The molecule has 1 aliphatic heterocycles. The number of carboxylic acids is 1. The van der Waals surface area contributed by atoms with Crippen LogP contribution in [0.5, 0.6) is 0 Å². The Bertz CT molecular complexity index is 509. The molecule has 4 nitrogen and oxygen atoms in total. The van der Waals surface area contributed by atoms with E-state index in [9.17, 15) is 14.7 Å². The highest BCUT2D eigenvalue weighted by atomic mass is 32.1. The molecule has 1 amide bonds. The van der Waals surface area contributed by atoms with Crippen molar-refractivity contribution in [3.05, 3.63) is 21.9 Å². The fraction of sp³-hybridized carbons (Fsp3) is 0.600. The van der Waals surface area contributed by atoms with Gasteiger partial charge in [0, 0.05) is 17.3 Å². The monoisotopic (exact) mass is 295 g/mol. The average Bonchev–Trinajstić information content (AvgIpc) is 2.68. The van der Waals surface area contributed by atoms with Crippen LogP contribution >= 0.6 is 11.3 Å². The van der Waals surface area contributed by atoms with Gasteiger partial charge in [0.2, 0.25) is 5.91 Å². The zero-order valence-corrected chi connectivity index (χ0v) is 12.9. The fourth-order valence-corrected chi connectivity index (χ4v) is 4.06. The predicted octanol–water partition coefficient (Wildman–Crippen LogP) is 3.22. The van der Waals surface area contributed by atoms with Gasteiger partial charge in [0.25, 0.3) is 0 Å². The molecule has 0 bridgehead atoms. The molecule has 1 saturated heterocycles. The quantitative estimate of drug-likeness (QED) is 0.931. The Morgan fingerprint density at radius 2 is 2.20 bits per heavy atom. The highest BCUT2D eigenvalue weighted by Crippen LogP contribution is 2.40. The van der Waals surface area contributed by atoms with E-state index in [0.717, 1.165) is 10.4 Å². The van der Waals surface area contributed by atoms with E-state index in [1.165, 1.54) is 0 Å². The summed E-state index contributed by atoms with van der Waals surface area (Å²) in [5.41, 5.74) is 1.08. The smallest absolute Gasteiger partial charge is 0.308 e. The molecule has 1 N–H and O–H groups in total. The molecule has 0 spiro atoms. The van der Waals surface area contributed by atoms with Gasteiger partial charge in [0.15, 0.2) is 0 Å². The maximum absolute atomic E-state index is 12.4. The van der Waals surface area contributed by atoms with E-state index < -0.39 is 11.9 Å². The Balaban J connectivity index is 2.52. The normalized spacial score (nSPS) is 24.0. The molecular weight excluding hydrogens is 274 g/mol. The van der Waals surface area contributed by atoms with Crippen LogP contribution in [0.4, 0.5) is 0 Å². The van der Waals surface area contributed by atoms with Crippen molar-refractivity contribution in [2.24, 2.45) is 5.92 Å². The van der Waals surface area contributed by atoms with E-state index in [-0.39, 0.29) is 18.0 Å². The third-order valence-corrected chi connectivity index (χ3v) is 5.01. The van der Waals surface area contributed by atoms with Crippen LogP contribution in [0.15, 0.2) is 11.4 Å². The van der Waals surface area contributed by atoms with Crippen molar-refractivity contribution in [3.63, 3.8) is 0 Å². The van der Waals surface area contributed by atoms with Crippen molar-refractivity contribution in [1.82, 2.24) is 4.90 Å². The van der Waals surface area contributed by atoms with Gasteiger partial charge in [-0.15, -0.1) is 11.3 Å². The zero-order valence-electron chi connectivity index (χ0n) is 12.1. The lowest BCUT2D eigenvalue weighted by molar-refractivity contribution is -0.146. The lowest BCUT2D eigenvalue weighted by Gasteiger charge is -2.36. The standard InChI is InChI=1S/C15H21NO3S/c1-9(2)16-12(17)6-4-5-11(15(18)19)13(16)14-10(3)7-8-20-14/h7-9,11,13H,4-6H2,1-3H3,(H,18,19). The number of carboxylic acid groups (broad SMARTS) is 1. The van der Waals surface area contributed by atoms with Crippen molar-refractivity contribution in [2.45, 2.75) is 52.1 Å². The summed E-state index contributed by atoms with van der Waals surface area (Å²) in [6, 6.07) is 1.67. The topological polar surface area (TPSA) is 57.6 Å². The number of likely N-dealkylation sites (tertiary alicyclic amines) is 1. The number of carbonyl (C=O) groups is 2. The van der Waals surface area contributed by atoms with Gasteiger partial charge in [-0.05, 0) is 50.6 Å². The molecule has 2 rings (SSSR count). The van der Waals surface area contributed by atoms with Crippen LogP contribution in [0.25, 0.3) is 0 Å². The third-order valence-electron chi connectivity index (χ3n) is 3.92. The maximum Gasteiger partial charge on any atom is 0.308 e. The van der Waals surface area contributed by atoms with Gasteiger partial charge in [-0.1, -0.05) is 0 Å². The van der Waals surface area contributed by atoms with Gasteiger partial charge >= 0.3 is 5.97 Å². The van der Waals surface area contributed by atoms with Crippen LogP contribution in [0.1, 0.15) is 49.6 Å². The first-order chi connectivity index (χ1) is 9.43. The lowest BCUT2D eigenvalue weighted by atomic mass is 9.91. The molecule has 1 aliphatic rings. The molecule has 0 radical (unpaired) electrons. The number of amides is 1. The molecule has 0 saturated carbocycles. The second kappa shape index (κ2) is 5.95. The minimum absolute atomic E-state index is 0.00829. The van der Waals surface area contributed by atoms with E-state index >= 15 is 0 Å². The Hall–Kier alpha value is -1.36. The van der Waals surface area contributed by atoms with Gasteiger partial charge in [-0.25, -0.2) is 0 Å². The van der Waals surface area contributed by atoms with Crippen molar-refractivity contribution in [3.8, 4) is 0 Å². The molecular formula is C15H21NO3S. The summed E-state index contributed by atoms with van der Waals surface area (Å²) >= 11 is 1.55. The Kier molecular flexibility index (Phi) is 4.48. The van der Waals surface area contributed by atoms with Crippen LogP contribution in [0, 0.1) is 12.8 Å². The summed E-state index contributed by atoms with van der Waals surface area (Å²) in [5.74, 6) is -1.24. The molecule has 1 aromatic heterocycles. The summed E-state index contributed by atoms with van der Waals surface area (Å²) < 4.78 is 0. The number of thiophene rings is 1. The van der Waals surface area contributed by atoms with Gasteiger partial charge in [0.1, 0.15) is 0 Å². The van der Waals surface area contributed by atoms with Crippen LogP contribution < -0.4 is 0 Å². The van der Waals surface area contributed by atoms with Crippen LogP contribution in [-0.4, -0.2) is 27.9 Å². The molecule has 110 valence electrons. The first kappa shape index (κ1) is 15.0. The summed E-state index contributed by atoms with van der Waals surface area (Å²) in [5, 5.41) is 11.5. The number of aliphatic carboxylic acids is 1. The number of rotatable bonds is 3. The SMILES string of the molecule is Cc1ccsc1C1C(C(=O)O)CCCC(=O)N1C(C)C. The van der Waals surface area contributed by atoms with E-state index in [1.54, 1.807) is 16.2 Å². The number of hydrogen-bond acceptors (Lipinski definition) is 3. The van der Waals surface area contributed by atoms with Crippen molar-refractivity contribution in [1.29, 1.82) is 0 Å². The molecule has 2 heterocycles. The molecule has 1 fully saturated rings. The molecule has 2 atom stereocenters. The highest BCUT2D eigenvalue weighted by Gasteiger charge is 2.40. The van der Waals surface area contributed by atoms with Gasteiger partial charge in [0.05, 0.1) is 12.0 Å². The second-order valence-electron chi connectivity index (χ2n) is 5.64. The molecule has 0 aromatic carbocycles. The van der Waals surface area contributed by atoms with Crippen LogP contribution in [0.3, 0.4) is 0 Å². The summed E-state index contributed by atoms with van der Waals surface area (Å²) in [4.78, 5) is 26.8. The van der Waals surface area contributed by atoms with E-state index in [4.69, 9.17) is 0 Å². The molecule has 1 aromatic rings. The van der Waals surface area contributed by atoms with Gasteiger partial charge < -0.3 is 10.0 Å². The molecule has 20 heavy (non-hydrogen) atoms. The van der Waals surface area contributed by atoms with Crippen molar-refractivity contribution in [2.75, 3.05) is 0 Å². The van der Waals surface area contributed by atoms with Crippen molar-refractivity contribution < 1.29 is 14.7 Å². The zero-order chi connectivity index (χ0) is 14.9. The van der Waals surface area contributed by atoms with Crippen LogP contribution in [0.2, 0.25) is 0 Å². The van der Waals surface area contributed by atoms with E-state index in [0.29, 0.717) is 19.3 Å². The van der Waals surface area contributed by atoms with Gasteiger partial charge in [-0.3, -0.25) is 9.59 Å². The highest BCUT2D eigenvalue weighted by molar-refractivity contribution is 7.10. The minimum atomic E-state index is -0.803. The first-order valence-corrected chi connectivity index (χ1v) is 7.89. The van der Waals surface area contributed by atoms with Gasteiger partial charge in [-0.2, -0.15) is 0 Å². The second-order valence-corrected chi connectivity index (χ2v) is 6.59. The van der Waals surface area contributed by atoms with Crippen molar-refractivity contribution >= 4 is 23.2 Å². The predicted molar refractivity (Wildman–Crippen MR) is 78.8 cm³/mol. The fourth-order valence-electron chi connectivity index (χ4n) is 2.97. The van der Waals surface area contributed by atoms with Crippen LogP contribution in [-0.2, 0) is 9.59 Å². The average molecular weight is 295 g/mol. The number of aryl methyl sites for hydroxylation is 1. The Morgan fingerprint density at radius 3 is 2.70 bits per heavy atom. The maximum atomic E-state index is 12.4. The number of carbonyl (C=O) groups excluding carboxylic acids is 1. The third kappa shape index (κ3) is 2.73. The number of nitrogens with zero attached hydrogens (tertiary/aromatic N) is 1. The number of hydrogen-bond donors (Lipinski definition) is 1.